The maximum Gasteiger partial charge on any atom is 0.480 e. The number of aliphatic hydroxyl groups excluding tert-OH is 1. The van der Waals surface area contributed by atoms with Crippen molar-refractivity contribution in [3.05, 3.63) is 70.6 Å². The molecule has 0 amide bonds. The quantitative estimate of drug-likeness (QED) is 0.392. The van der Waals surface area contributed by atoms with Gasteiger partial charge in [-0.3, -0.25) is 0 Å². The molecule has 0 aliphatic heterocycles. The van der Waals surface area contributed by atoms with E-state index in [0.717, 1.165) is 54.9 Å². The zero-order valence-corrected chi connectivity index (χ0v) is 18.9. The first-order valence-electron chi connectivity index (χ1n) is 11.6. The highest BCUT2D eigenvalue weighted by Crippen LogP contribution is 2.38. The van der Waals surface area contributed by atoms with Gasteiger partial charge in [0.1, 0.15) is 17.9 Å². The lowest BCUT2D eigenvalue weighted by Gasteiger charge is -2.12. The number of oxazole rings is 1. The van der Waals surface area contributed by atoms with Crippen molar-refractivity contribution in [1.82, 2.24) is 4.98 Å². The maximum atomic E-state index is 8.96. The summed E-state index contributed by atoms with van der Waals surface area (Å²) in [4.78, 5) is 13.7. The molecule has 3 aromatic rings. The molecular weight excluding hydrogens is 402 g/mol. The molecule has 1 aliphatic carbocycles. The number of carboxylic acids is 1. The van der Waals surface area contributed by atoms with Gasteiger partial charge in [-0.1, -0.05) is 25.1 Å². The Morgan fingerprint density at radius 1 is 1.22 bits per heavy atom. The van der Waals surface area contributed by atoms with E-state index in [0.29, 0.717) is 31.3 Å². The summed E-state index contributed by atoms with van der Waals surface area (Å²) in [5.41, 5.74) is 5.96. The van der Waals surface area contributed by atoms with Crippen LogP contribution in [0.25, 0.3) is 11.5 Å². The fourth-order valence-electron chi connectivity index (χ4n) is 4.51. The molecule has 32 heavy (non-hydrogen) atoms. The minimum Gasteiger partial charge on any atom is -0.493 e. The van der Waals surface area contributed by atoms with E-state index < -0.39 is 5.97 Å². The molecule has 2 aromatic carbocycles. The lowest BCUT2D eigenvalue weighted by molar-refractivity contribution is 0.319. The molecule has 5 heteroatoms. The average Bonchev–Trinajstić information content (AvgIpc) is 3.37. The van der Waals surface area contributed by atoms with Crippen molar-refractivity contribution >= 4 is 5.97 Å². The lowest BCUT2D eigenvalue weighted by Crippen LogP contribution is -2.03. The van der Waals surface area contributed by atoms with Crippen LogP contribution in [0.5, 0.6) is 5.75 Å². The molecule has 0 unspecified atom stereocenters. The second-order valence-electron chi connectivity index (χ2n) is 8.58. The van der Waals surface area contributed by atoms with Gasteiger partial charge in [-0.15, -0.1) is 0 Å². The number of rotatable bonds is 10. The Morgan fingerprint density at radius 3 is 2.78 bits per heavy atom. The predicted octanol–water partition coefficient (Wildman–Crippen LogP) is 6.09. The standard InChI is InChI=1S/C27H31NO4/c1-3-19-7-9-21(10-8-19)27-28-25(18(2)32-27)15-16-31-23-13-14-24-20(5-4-6-26(29)30)11-12-22(24)17-23/h7-10,13-14,17,20H,3-6,11-12,15-16H2,1-2H3,(H,29,30)/p+1/t20-/m0/s1. The Morgan fingerprint density at radius 2 is 2.03 bits per heavy atom. The second kappa shape index (κ2) is 10.0. The minimum absolute atomic E-state index is 0.361. The number of hydrogen-bond acceptors (Lipinski definition) is 3. The Hall–Kier alpha value is -3.08. The van der Waals surface area contributed by atoms with Gasteiger partial charge in [-0.25, -0.2) is 4.98 Å². The summed E-state index contributed by atoms with van der Waals surface area (Å²) in [6.07, 6.45) is 6.02. The number of aromatic nitrogens is 1. The zero-order valence-electron chi connectivity index (χ0n) is 18.9. The molecule has 4 rings (SSSR count). The van der Waals surface area contributed by atoms with Crippen molar-refractivity contribution in [1.29, 1.82) is 0 Å². The minimum atomic E-state index is -0.462. The Kier molecular flexibility index (Phi) is 6.93. The predicted molar refractivity (Wildman–Crippen MR) is 126 cm³/mol. The van der Waals surface area contributed by atoms with Gasteiger partial charge < -0.3 is 19.1 Å². The van der Waals surface area contributed by atoms with Crippen molar-refractivity contribution in [3.63, 3.8) is 0 Å². The van der Waals surface area contributed by atoms with Crippen molar-refractivity contribution < 1.29 is 19.1 Å². The maximum absolute atomic E-state index is 8.96. The third-order valence-electron chi connectivity index (χ3n) is 6.38. The van der Waals surface area contributed by atoms with E-state index in [1.807, 2.05) is 13.0 Å². The molecule has 1 atom stereocenters. The van der Waals surface area contributed by atoms with Gasteiger partial charge in [-0.2, -0.15) is 0 Å². The fourth-order valence-corrected chi connectivity index (χ4v) is 4.51. The van der Waals surface area contributed by atoms with Crippen LogP contribution in [-0.2, 0) is 19.3 Å². The van der Waals surface area contributed by atoms with Gasteiger partial charge in [0.05, 0.1) is 12.3 Å². The summed E-state index contributed by atoms with van der Waals surface area (Å²) in [7, 11) is 0. The van der Waals surface area contributed by atoms with Crippen LogP contribution < -0.4 is 4.74 Å². The lowest BCUT2D eigenvalue weighted by atomic mass is 9.95. The van der Waals surface area contributed by atoms with Crippen LogP contribution >= 0.6 is 0 Å². The van der Waals surface area contributed by atoms with Crippen LogP contribution in [0.3, 0.4) is 0 Å². The summed E-state index contributed by atoms with van der Waals surface area (Å²) in [6, 6.07) is 14.7. The molecular formula is C27H32NO4+. The van der Waals surface area contributed by atoms with Crippen LogP contribution in [0.15, 0.2) is 46.9 Å². The van der Waals surface area contributed by atoms with Crippen LogP contribution in [0.4, 0.5) is 0 Å². The Labute approximate surface area is 189 Å². The number of ether oxygens (including phenoxy) is 1. The normalized spacial score (nSPS) is 15.0. The highest BCUT2D eigenvalue weighted by molar-refractivity contribution is 5.67. The molecule has 0 fully saturated rings. The fraction of sp³-hybridized carbons (Fsp3) is 0.407. The van der Waals surface area contributed by atoms with Gasteiger partial charge in [0.2, 0.25) is 5.89 Å². The highest BCUT2D eigenvalue weighted by atomic mass is 16.5. The molecule has 1 aromatic heterocycles. The van der Waals surface area contributed by atoms with Gasteiger partial charge in [0.15, 0.2) is 0 Å². The Bertz CT molecular complexity index is 1070. The monoisotopic (exact) mass is 434 g/mol. The van der Waals surface area contributed by atoms with E-state index in [4.69, 9.17) is 24.0 Å². The SMILES string of the molecule is CCc1ccc(-c2nc(CCOc3ccc4c(c3)CC[C@@H]4CCCC(O)=[OH+])c(C)o2)cc1. The van der Waals surface area contributed by atoms with E-state index in [1.54, 1.807) is 0 Å². The molecule has 0 radical (unpaired) electrons. The van der Waals surface area contributed by atoms with Crippen molar-refractivity contribution in [2.75, 3.05) is 6.61 Å². The van der Waals surface area contributed by atoms with E-state index >= 15 is 0 Å². The number of carboxylic acid groups (broad SMARTS) is 1. The van der Waals surface area contributed by atoms with Gasteiger partial charge >= 0.3 is 5.97 Å². The number of nitrogens with zero attached hydrogens (tertiary/aromatic N) is 1. The highest BCUT2D eigenvalue weighted by Gasteiger charge is 2.23. The molecule has 0 spiro atoms. The van der Waals surface area contributed by atoms with E-state index in [-0.39, 0.29) is 0 Å². The second-order valence-corrected chi connectivity index (χ2v) is 8.58. The first-order valence-corrected chi connectivity index (χ1v) is 11.6. The third kappa shape index (κ3) is 5.21. The number of benzene rings is 2. The molecule has 0 saturated carbocycles. The molecule has 1 heterocycles. The van der Waals surface area contributed by atoms with Gasteiger partial charge in [0.25, 0.3) is 0 Å². The number of aryl methyl sites for hydroxylation is 3. The summed E-state index contributed by atoms with van der Waals surface area (Å²) >= 11 is 0. The van der Waals surface area contributed by atoms with Gasteiger partial charge in [0, 0.05) is 12.0 Å². The summed E-state index contributed by atoms with van der Waals surface area (Å²) in [5.74, 6) is 2.43. The van der Waals surface area contributed by atoms with Crippen LogP contribution in [-0.4, -0.2) is 27.5 Å². The molecule has 168 valence electrons. The first kappa shape index (κ1) is 22.1. The van der Waals surface area contributed by atoms with E-state index in [9.17, 15) is 0 Å². The zero-order chi connectivity index (χ0) is 22.5. The number of aliphatic carboxylic acids is 1. The van der Waals surface area contributed by atoms with Crippen LogP contribution in [0.2, 0.25) is 0 Å². The van der Waals surface area contributed by atoms with E-state index in [1.165, 1.54) is 16.7 Å². The largest absolute Gasteiger partial charge is 0.493 e. The van der Waals surface area contributed by atoms with Gasteiger partial charge in [-0.05, 0) is 85.9 Å². The summed E-state index contributed by atoms with van der Waals surface area (Å²) in [6.45, 7) is 4.65. The Balaban J connectivity index is 1.32. The molecule has 5 nitrogen and oxygen atoms in total. The first-order chi connectivity index (χ1) is 15.5. The summed E-state index contributed by atoms with van der Waals surface area (Å²) < 4.78 is 11.9. The van der Waals surface area contributed by atoms with Crippen LogP contribution in [0, 0.1) is 6.92 Å². The number of hydrogen-bond donors (Lipinski definition) is 1. The van der Waals surface area contributed by atoms with E-state index in [2.05, 4.69) is 43.3 Å². The third-order valence-corrected chi connectivity index (χ3v) is 6.38. The molecule has 0 bridgehead atoms. The molecule has 0 saturated heterocycles. The van der Waals surface area contributed by atoms with Crippen LogP contribution in [0.1, 0.15) is 66.7 Å². The van der Waals surface area contributed by atoms with Crippen molar-refractivity contribution in [2.45, 2.75) is 64.7 Å². The molecule has 2 N–H and O–H groups in total. The average molecular weight is 435 g/mol. The van der Waals surface area contributed by atoms with Crippen molar-refractivity contribution in [2.24, 2.45) is 0 Å². The number of fused-ring (bicyclic) bond motifs is 1. The van der Waals surface area contributed by atoms with Crippen molar-refractivity contribution in [3.8, 4) is 17.2 Å². The smallest absolute Gasteiger partial charge is 0.480 e. The summed E-state index contributed by atoms with van der Waals surface area (Å²) in [5, 5.41) is 8.96. The topological polar surface area (TPSA) is 76.9 Å². The molecule has 1 aliphatic rings.